The van der Waals surface area contributed by atoms with Crippen LogP contribution in [0.25, 0.3) is 0 Å². The Bertz CT molecular complexity index is 197. The summed E-state index contributed by atoms with van der Waals surface area (Å²) in [5, 5.41) is 3.41. The van der Waals surface area contributed by atoms with Gasteiger partial charge < -0.3 is 10.2 Å². The van der Waals surface area contributed by atoms with Gasteiger partial charge in [-0.25, -0.2) is 0 Å². The number of carbonyl (C=O) groups is 1. The number of likely N-dealkylation sites (tertiary alicyclic amines) is 1. The lowest BCUT2D eigenvalue weighted by Crippen LogP contribution is -2.30. The Balaban J connectivity index is 1.80. The van der Waals surface area contributed by atoms with Gasteiger partial charge in [-0.05, 0) is 44.7 Å². The molecule has 2 aliphatic rings. The molecule has 1 atom stereocenters. The van der Waals surface area contributed by atoms with Crippen molar-refractivity contribution in [1.29, 1.82) is 0 Å². The molecule has 0 aliphatic carbocycles. The Morgan fingerprint density at radius 2 is 2.21 bits per heavy atom. The maximum atomic E-state index is 11.4. The minimum atomic E-state index is 0.377. The third-order valence-electron chi connectivity index (χ3n) is 3.35. The van der Waals surface area contributed by atoms with Crippen LogP contribution in [0.4, 0.5) is 0 Å². The van der Waals surface area contributed by atoms with Crippen molar-refractivity contribution in [2.75, 3.05) is 26.2 Å². The number of rotatable bonds is 2. The van der Waals surface area contributed by atoms with Crippen LogP contribution in [0.3, 0.4) is 0 Å². The second-order valence-electron chi connectivity index (χ2n) is 4.49. The summed E-state index contributed by atoms with van der Waals surface area (Å²) < 4.78 is 0. The number of carbonyl (C=O) groups excluding carboxylic acids is 1. The van der Waals surface area contributed by atoms with Crippen molar-refractivity contribution in [2.45, 2.75) is 32.1 Å². The van der Waals surface area contributed by atoms with Crippen LogP contribution in [0.15, 0.2) is 0 Å². The zero-order valence-corrected chi connectivity index (χ0v) is 8.80. The molecule has 14 heavy (non-hydrogen) atoms. The first-order valence-electron chi connectivity index (χ1n) is 5.85. The molecule has 0 spiro atoms. The summed E-state index contributed by atoms with van der Waals surface area (Å²) in [6.07, 6.45) is 5.65. The first-order chi connectivity index (χ1) is 6.86. The average Bonchev–Trinajstić information content (AvgIpc) is 2.44. The van der Waals surface area contributed by atoms with Gasteiger partial charge in [0.1, 0.15) is 0 Å². The van der Waals surface area contributed by atoms with Gasteiger partial charge in [0.2, 0.25) is 5.91 Å². The lowest BCUT2D eigenvalue weighted by atomic mass is 10.0. The molecule has 1 unspecified atom stereocenters. The van der Waals surface area contributed by atoms with Crippen molar-refractivity contribution in [1.82, 2.24) is 10.2 Å². The van der Waals surface area contributed by atoms with Crippen LogP contribution in [0, 0.1) is 5.92 Å². The van der Waals surface area contributed by atoms with Gasteiger partial charge in [0.05, 0.1) is 0 Å². The normalized spacial score (nSPS) is 29.3. The molecule has 0 aromatic carbocycles. The molecule has 2 fully saturated rings. The molecular weight excluding hydrogens is 176 g/mol. The molecule has 2 aliphatic heterocycles. The number of nitrogens with zero attached hydrogens (tertiary/aromatic N) is 1. The van der Waals surface area contributed by atoms with E-state index in [1.807, 2.05) is 0 Å². The summed E-state index contributed by atoms with van der Waals surface area (Å²) >= 11 is 0. The van der Waals surface area contributed by atoms with Crippen molar-refractivity contribution >= 4 is 5.91 Å². The summed E-state index contributed by atoms with van der Waals surface area (Å²) in [6.45, 7) is 4.31. The van der Waals surface area contributed by atoms with Gasteiger partial charge in [-0.1, -0.05) is 0 Å². The highest BCUT2D eigenvalue weighted by molar-refractivity contribution is 5.78. The third-order valence-corrected chi connectivity index (χ3v) is 3.35. The van der Waals surface area contributed by atoms with E-state index in [2.05, 4.69) is 10.2 Å². The lowest BCUT2D eigenvalue weighted by molar-refractivity contribution is -0.128. The monoisotopic (exact) mass is 196 g/mol. The number of hydrogen-bond donors (Lipinski definition) is 1. The Morgan fingerprint density at radius 3 is 3.00 bits per heavy atom. The third kappa shape index (κ3) is 2.47. The van der Waals surface area contributed by atoms with E-state index in [1.54, 1.807) is 0 Å². The van der Waals surface area contributed by atoms with E-state index in [4.69, 9.17) is 0 Å². The minimum Gasteiger partial charge on any atom is -0.342 e. The van der Waals surface area contributed by atoms with Gasteiger partial charge >= 0.3 is 0 Å². The molecule has 0 aromatic rings. The Morgan fingerprint density at radius 1 is 1.29 bits per heavy atom. The van der Waals surface area contributed by atoms with Crippen LogP contribution in [0.2, 0.25) is 0 Å². The van der Waals surface area contributed by atoms with Crippen molar-refractivity contribution < 1.29 is 4.79 Å². The van der Waals surface area contributed by atoms with Gasteiger partial charge in [-0.15, -0.1) is 0 Å². The summed E-state index contributed by atoms with van der Waals surface area (Å²) in [6, 6.07) is 0. The molecule has 80 valence electrons. The molecular formula is C11H20N2O. The lowest BCUT2D eigenvalue weighted by Gasteiger charge is -2.22. The van der Waals surface area contributed by atoms with Crippen LogP contribution >= 0.6 is 0 Å². The van der Waals surface area contributed by atoms with Crippen LogP contribution in [0.5, 0.6) is 0 Å². The van der Waals surface area contributed by atoms with Gasteiger partial charge in [0, 0.05) is 19.5 Å². The van der Waals surface area contributed by atoms with Crippen molar-refractivity contribution in [3.8, 4) is 0 Å². The molecule has 0 bridgehead atoms. The summed E-state index contributed by atoms with van der Waals surface area (Å²) in [4.78, 5) is 13.5. The number of hydrogen-bond acceptors (Lipinski definition) is 2. The standard InChI is InChI=1S/C11H20N2O/c14-11-4-2-8-13(11)9-10-3-1-6-12-7-5-10/h10,12H,1-9H2. The van der Waals surface area contributed by atoms with Crippen molar-refractivity contribution in [3.05, 3.63) is 0 Å². The maximum absolute atomic E-state index is 11.4. The predicted molar refractivity (Wildman–Crippen MR) is 56.0 cm³/mol. The molecule has 0 radical (unpaired) electrons. The topological polar surface area (TPSA) is 32.3 Å². The van der Waals surface area contributed by atoms with Gasteiger partial charge in [0.25, 0.3) is 0 Å². The van der Waals surface area contributed by atoms with Crippen molar-refractivity contribution in [2.24, 2.45) is 5.92 Å². The molecule has 1 amide bonds. The molecule has 2 saturated heterocycles. The SMILES string of the molecule is O=C1CCCN1CC1CCCNCC1. The summed E-state index contributed by atoms with van der Waals surface area (Å²) in [7, 11) is 0. The molecule has 2 heterocycles. The van der Waals surface area contributed by atoms with Gasteiger partial charge in [0.15, 0.2) is 0 Å². The Labute approximate surface area is 85.8 Å². The fraction of sp³-hybridized carbons (Fsp3) is 0.909. The molecule has 3 nitrogen and oxygen atoms in total. The quantitative estimate of drug-likeness (QED) is 0.714. The van der Waals surface area contributed by atoms with E-state index in [-0.39, 0.29) is 0 Å². The molecule has 3 heteroatoms. The van der Waals surface area contributed by atoms with Crippen LogP contribution in [-0.4, -0.2) is 37.0 Å². The Hall–Kier alpha value is -0.570. The van der Waals surface area contributed by atoms with Crippen molar-refractivity contribution in [3.63, 3.8) is 0 Å². The zero-order valence-electron chi connectivity index (χ0n) is 8.80. The van der Waals surface area contributed by atoms with Gasteiger partial charge in [-0.3, -0.25) is 4.79 Å². The fourth-order valence-corrected chi connectivity index (χ4v) is 2.48. The van der Waals surface area contributed by atoms with E-state index >= 15 is 0 Å². The highest BCUT2D eigenvalue weighted by atomic mass is 16.2. The fourth-order valence-electron chi connectivity index (χ4n) is 2.48. The van der Waals surface area contributed by atoms with Crippen LogP contribution in [-0.2, 0) is 4.79 Å². The number of nitrogens with one attached hydrogen (secondary N) is 1. The highest BCUT2D eigenvalue weighted by Crippen LogP contribution is 2.18. The minimum absolute atomic E-state index is 0.377. The highest BCUT2D eigenvalue weighted by Gasteiger charge is 2.23. The first kappa shape index (κ1) is 9.97. The smallest absolute Gasteiger partial charge is 0.222 e. The van der Waals surface area contributed by atoms with E-state index in [9.17, 15) is 4.79 Å². The van der Waals surface area contributed by atoms with E-state index in [0.29, 0.717) is 5.91 Å². The second kappa shape index (κ2) is 4.78. The van der Waals surface area contributed by atoms with Gasteiger partial charge in [-0.2, -0.15) is 0 Å². The van der Waals surface area contributed by atoms with E-state index in [0.717, 1.165) is 44.9 Å². The molecule has 2 rings (SSSR count). The first-order valence-corrected chi connectivity index (χ1v) is 5.85. The molecule has 0 aromatic heterocycles. The van der Waals surface area contributed by atoms with E-state index in [1.165, 1.54) is 19.3 Å². The maximum Gasteiger partial charge on any atom is 0.222 e. The predicted octanol–water partition coefficient (Wildman–Crippen LogP) is 0.998. The number of amides is 1. The van der Waals surface area contributed by atoms with Crippen LogP contribution in [0.1, 0.15) is 32.1 Å². The Kier molecular flexibility index (Phi) is 3.40. The average molecular weight is 196 g/mol. The molecule has 0 saturated carbocycles. The summed E-state index contributed by atoms with van der Waals surface area (Å²) in [5.74, 6) is 1.12. The largest absolute Gasteiger partial charge is 0.342 e. The molecule has 1 N–H and O–H groups in total. The second-order valence-corrected chi connectivity index (χ2v) is 4.49. The van der Waals surface area contributed by atoms with E-state index < -0.39 is 0 Å². The van der Waals surface area contributed by atoms with Crippen LogP contribution < -0.4 is 5.32 Å². The zero-order chi connectivity index (χ0) is 9.80. The summed E-state index contributed by atoms with van der Waals surface area (Å²) in [5.41, 5.74) is 0.